The number of nitrogens with zero attached hydrogens (tertiary/aromatic N) is 1. The first-order valence-electron chi connectivity index (χ1n) is 15.7. The normalized spacial score (nSPS) is 10.8. The molecule has 0 spiro atoms. The number of esters is 2. The molecule has 0 aromatic heterocycles. The number of hydrogen-bond acceptors (Lipinski definition) is 5. The Morgan fingerprint density at radius 1 is 0.587 bits per heavy atom. The van der Waals surface area contributed by atoms with Crippen LogP contribution in [-0.4, -0.2) is 25.2 Å². The highest BCUT2D eigenvalue weighted by Gasteiger charge is 2.17. The van der Waals surface area contributed by atoms with Crippen molar-refractivity contribution in [3.05, 3.63) is 137 Å². The molecule has 0 bridgehead atoms. The zero-order valence-corrected chi connectivity index (χ0v) is 28.0. The van der Waals surface area contributed by atoms with Gasteiger partial charge in [0, 0.05) is 28.2 Å². The van der Waals surface area contributed by atoms with Crippen LogP contribution in [0.5, 0.6) is 0 Å². The molecule has 0 atom stereocenters. The largest absolute Gasteiger partial charge is 0.462 e. The second kappa shape index (κ2) is 15.4. The first kappa shape index (κ1) is 34.0. The molecule has 0 saturated carbocycles. The molecule has 0 radical (unpaired) electrons. The van der Waals surface area contributed by atoms with Gasteiger partial charge in [-0.25, -0.2) is 9.59 Å². The maximum absolute atomic E-state index is 11.9. The number of carbonyl (C=O) groups is 2. The summed E-state index contributed by atoms with van der Waals surface area (Å²) in [4.78, 5) is 26.1. The van der Waals surface area contributed by atoms with Gasteiger partial charge in [-0.15, -0.1) is 0 Å². The van der Waals surface area contributed by atoms with Crippen LogP contribution in [0.15, 0.2) is 109 Å². The van der Waals surface area contributed by atoms with Crippen LogP contribution >= 0.6 is 0 Å². The lowest BCUT2D eigenvalue weighted by Gasteiger charge is -2.27. The van der Waals surface area contributed by atoms with E-state index in [1.54, 1.807) is 13.8 Å². The van der Waals surface area contributed by atoms with Crippen LogP contribution in [0.25, 0.3) is 11.1 Å². The standard InChI is InChI=1S/C41H45NO4/c1-27(2)40(43)45-23-21-36(22-24-46-41(44)28(3)4)34-13-11-33(12-14-34)35-15-19-37(20-16-35)42(38-17-9-29(5)31(7)25-38)39-18-10-30(6)32(8)26-39/h9-20,25-26,36H,1,3,21-24H2,2,4-8H3. The van der Waals surface area contributed by atoms with Crippen molar-refractivity contribution in [2.24, 2.45) is 0 Å². The summed E-state index contributed by atoms with van der Waals surface area (Å²) in [5.74, 6) is -0.767. The van der Waals surface area contributed by atoms with Crippen LogP contribution in [0, 0.1) is 27.7 Å². The molecule has 0 aliphatic rings. The third-order valence-corrected chi connectivity index (χ3v) is 8.43. The Bertz CT molecular complexity index is 1630. The second-order valence-electron chi connectivity index (χ2n) is 12.1. The van der Waals surface area contributed by atoms with E-state index in [1.165, 1.54) is 22.3 Å². The molecular weight excluding hydrogens is 570 g/mol. The summed E-state index contributed by atoms with van der Waals surface area (Å²) < 4.78 is 10.7. The van der Waals surface area contributed by atoms with Crippen LogP contribution in [0.3, 0.4) is 0 Å². The number of hydrogen-bond donors (Lipinski definition) is 0. The Kier molecular flexibility index (Phi) is 11.4. The molecule has 238 valence electrons. The Balaban J connectivity index is 1.56. The molecule has 5 nitrogen and oxygen atoms in total. The van der Waals surface area contributed by atoms with Gasteiger partial charge in [-0.2, -0.15) is 0 Å². The van der Waals surface area contributed by atoms with Gasteiger partial charge in [0.15, 0.2) is 0 Å². The van der Waals surface area contributed by atoms with E-state index >= 15 is 0 Å². The minimum atomic E-state index is -0.403. The fourth-order valence-electron chi connectivity index (χ4n) is 5.24. The van der Waals surface area contributed by atoms with Crippen molar-refractivity contribution in [1.82, 2.24) is 0 Å². The molecule has 0 heterocycles. The number of benzene rings is 4. The van der Waals surface area contributed by atoms with E-state index in [4.69, 9.17) is 9.47 Å². The molecule has 0 unspecified atom stereocenters. The third kappa shape index (κ3) is 8.63. The summed E-state index contributed by atoms with van der Waals surface area (Å²) in [6.07, 6.45) is 1.20. The summed E-state index contributed by atoms with van der Waals surface area (Å²) in [5, 5.41) is 0. The van der Waals surface area contributed by atoms with Gasteiger partial charge in [0.25, 0.3) is 0 Å². The highest BCUT2D eigenvalue weighted by atomic mass is 16.5. The Hall–Kier alpha value is -4.90. The van der Waals surface area contributed by atoms with E-state index in [1.807, 2.05) is 0 Å². The molecule has 4 aromatic carbocycles. The highest BCUT2D eigenvalue weighted by molar-refractivity contribution is 5.87. The van der Waals surface area contributed by atoms with Gasteiger partial charge >= 0.3 is 11.9 Å². The van der Waals surface area contributed by atoms with Gasteiger partial charge in [0.1, 0.15) is 0 Å². The van der Waals surface area contributed by atoms with Gasteiger partial charge < -0.3 is 14.4 Å². The number of ether oxygens (including phenoxy) is 2. The topological polar surface area (TPSA) is 55.8 Å². The van der Waals surface area contributed by atoms with Crippen LogP contribution in [0.4, 0.5) is 17.1 Å². The lowest BCUT2D eigenvalue weighted by atomic mass is 9.91. The average molecular weight is 616 g/mol. The van der Waals surface area contributed by atoms with Crippen molar-refractivity contribution in [1.29, 1.82) is 0 Å². The molecule has 4 aromatic rings. The van der Waals surface area contributed by atoms with Gasteiger partial charge in [-0.1, -0.05) is 61.7 Å². The number of anilines is 3. The first-order chi connectivity index (χ1) is 21.9. The molecule has 4 rings (SSSR count). The van der Waals surface area contributed by atoms with E-state index in [0.29, 0.717) is 24.0 Å². The zero-order chi connectivity index (χ0) is 33.4. The minimum Gasteiger partial charge on any atom is -0.462 e. The SMILES string of the molecule is C=C(C)C(=O)OCCC(CCOC(=O)C(=C)C)c1ccc(-c2ccc(N(c3ccc(C)c(C)c3)c3ccc(C)c(C)c3)cc2)cc1. The van der Waals surface area contributed by atoms with E-state index in [-0.39, 0.29) is 19.1 Å². The Labute approximate surface area is 274 Å². The van der Waals surface area contributed by atoms with Crippen LogP contribution in [0.2, 0.25) is 0 Å². The molecule has 46 heavy (non-hydrogen) atoms. The zero-order valence-electron chi connectivity index (χ0n) is 28.0. The number of carbonyl (C=O) groups excluding carboxylic acids is 2. The molecule has 0 fully saturated rings. The molecule has 0 aliphatic heterocycles. The maximum Gasteiger partial charge on any atom is 0.333 e. The number of aryl methyl sites for hydroxylation is 4. The highest BCUT2D eigenvalue weighted by Crippen LogP contribution is 2.37. The van der Waals surface area contributed by atoms with Crippen molar-refractivity contribution in [3.63, 3.8) is 0 Å². The van der Waals surface area contributed by atoms with E-state index in [2.05, 4.69) is 131 Å². The third-order valence-electron chi connectivity index (χ3n) is 8.43. The lowest BCUT2D eigenvalue weighted by Crippen LogP contribution is -2.13. The predicted molar refractivity (Wildman–Crippen MR) is 189 cm³/mol. The van der Waals surface area contributed by atoms with Crippen molar-refractivity contribution < 1.29 is 19.1 Å². The quantitative estimate of drug-likeness (QED) is 0.111. The van der Waals surface area contributed by atoms with Crippen molar-refractivity contribution in [3.8, 4) is 11.1 Å². The molecule has 0 amide bonds. The maximum atomic E-state index is 11.9. The van der Waals surface area contributed by atoms with E-state index in [0.717, 1.165) is 33.8 Å². The van der Waals surface area contributed by atoms with Gasteiger partial charge in [0.05, 0.1) is 13.2 Å². The fraction of sp³-hybridized carbons (Fsp3) is 0.268. The van der Waals surface area contributed by atoms with Crippen molar-refractivity contribution in [2.45, 2.75) is 60.3 Å². The van der Waals surface area contributed by atoms with Gasteiger partial charge in [-0.3, -0.25) is 0 Å². The van der Waals surface area contributed by atoms with Crippen LogP contribution in [0.1, 0.15) is 60.4 Å². The monoisotopic (exact) mass is 615 g/mol. The predicted octanol–water partition coefficient (Wildman–Crippen LogP) is 10.2. The first-order valence-corrected chi connectivity index (χ1v) is 15.7. The van der Waals surface area contributed by atoms with Crippen molar-refractivity contribution >= 4 is 29.0 Å². The van der Waals surface area contributed by atoms with Gasteiger partial charge in [-0.05, 0) is 136 Å². The Morgan fingerprint density at radius 3 is 1.37 bits per heavy atom. The second-order valence-corrected chi connectivity index (χ2v) is 12.1. The van der Waals surface area contributed by atoms with E-state index < -0.39 is 11.9 Å². The summed E-state index contributed by atoms with van der Waals surface area (Å²) in [5.41, 5.74) is 12.4. The lowest BCUT2D eigenvalue weighted by molar-refractivity contribution is -0.139. The molecule has 0 N–H and O–H groups in total. The smallest absolute Gasteiger partial charge is 0.333 e. The molecule has 0 saturated heterocycles. The van der Waals surface area contributed by atoms with Crippen molar-refractivity contribution in [2.75, 3.05) is 18.1 Å². The van der Waals surface area contributed by atoms with E-state index in [9.17, 15) is 9.59 Å². The van der Waals surface area contributed by atoms with Gasteiger partial charge in [0.2, 0.25) is 0 Å². The minimum absolute atomic E-state index is 0.0387. The summed E-state index contributed by atoms with van der Waals surface area (Å²) in [6.45, 7) is 19.7. The number of rotatable bonds is 13. The molecular formula is C41H45NO4. The molecule has 0 aliphatic carbocycles. The molecule has 5 heteroatoms. The van der Waals surface area contributed by atoms with Crippen LogP contribution in [-0.2, 0) is 19.1 Å². The summed E-state index contributed by atoms with van der Waals surface area (Å²) in [6, 6.07) is 30.3. The average Bonchev–Trinajstić information content (AvgIpc) is 3.04. The van der Waals surface area contributed by atoms with Crippen LogP contribution < -0.4 is 4.90 Å². The summed E-state index contributed by atoms with van der Waals surface area (Å²) >= 11 is 0. The summed E-state index contributed by atoms with van der Waals surface area (Å²) in [7, 11) is 0. The Morgan fingerprint density at radius 2 is 0.978 bits per heavy atom. The fourth-order valence-corrected chi connectivity index (χ4v) is 5.24.